The lowest BCUT2D eigenvalue weighted by molar-refractivity contribution is -0.122. The summed E-state index contributed by atoms with van der Waals surface area (Å²) in [6.45, 7) is 0.999. The van der Waals surface area contributed by atoms with Crippen molar-refractivity contribution in [2.45, 2.75) is 10.9 Å². The van der Waals surface area contributed by atoms with E-state index in [4.69, 9.17) is 0 Å². The number of rotatable bonds is 6. The van der Waals surface area contributed by atoms with Gasteiger partial charge in [0.25, 0.3) is 0 Å². The van der Waals surface area contributed by atoms with E-state index in [2.05, 4.69) is 5.32 Å². The molecule has 34 heavy (non-hydrogen) atoms. The van der Waals surface area contributed by atoms with Crippen molar-refractivity contribution in [3.05, 3.63) is 95.8 Å². The molecule has 0 unspecified atom stereocenters. The maximum Gasteiger partial charge on any atom is 0.246 e. The first-order valence-electron chi connectivity index (χ1n) is 10.7. The Balaban J connectivity index is 1.54. The van der Waals surface area contributed by atoms with Gasteiger partial charge in [0, 0.05) is 31.9 Å². The molecule has 0 saturated carbocycles. The number of benzene rings is 3. The lowest BCUT2D eigenvalue weighted by Crippen LogP contribution is -2.51. The molecule has 7 nitrogen and oxygen atoms in total. The molecule has 0 bridgehead atoms. The highest BCUT2D eigenvalue weighted by Gasteiger charge is 2.35. The Morgan fingerprint density at radius 3 is 2.18 bits per heavy atom. The molecule has 4 rings (SSSR count). The van der Waals surface area contributed by atoms with Crippen LogP contribution in [0.25, 0.3) is 0 Å². The smallest absolute Gasteiger partial charge is 0.246 e. The minimum atomic E-state index is -3.84. The first kappa shape index (κ1) is 23.6. The van der Waals surface area contributed by atoms with Crippen molar-refractivity contribution in [1.29, 1.82) is 5.26 Å². The first-order valence-corrected chi connectivity index (χ1v) is 12.2. The largest absolute Gasteiger partial charge is 0.324 e. The van der Waals surface area contributed by atoms with Gasteiger partial charge in [-0.2, -0.15) is 9.57 Å². The third-order valence-electron chi connectivity index (χ3n) is 5.74. The van der Waals surface area contributed by atoms with E-state index in [-0.39, 0.29) is 29.5 Å². The number of hydrogen-bond donors (Lipinski definition) is 1. The van der Waals surface area contributed by atoms with E-state index in [1.165, 1.54) is 40.7 Å². The molecule has 1 atom stereocenters. The summed E-state index contributed by atoms with van der Waals surface area (Å²) in [6.07, 6.45) is 0. The lowest BCUT2D eigenvalue weighted by Gasteiger charge is -2.38. The Kier molecular flexibility index (Phi) is 7.03. The maximum atomic E-state index is 13.3. The van der Waals surface area contributed by atoms with Crippen molar-refractivity contribution >= 4 is 21.6 Å². The van der Waals surface area contributed by atoms with Crippen LogP contribution in [0, 0.1) is 17.1 Å². The molecule has 3 aromatic rings. The van der Waals surface area contributed by atoms with Gasteiger partial charge in [0.15, 0.2) is 0 Å². The second kappa shape index (κ2) is 10.1. The van der Waals surface area contributed by atoms with Gasteiger partial charge in [-0.25, -0.2) is 12.8 Å². The maximum absolute atomic E-state index is 13.3. The van der Waals surface area contributed by atoms with Gasteiger partial charge in [-0.3, -0.25) is 9.69 Å². The van der Waals surface area contributed by atoms with Crippen molar-refractivity contribution < 1.29 is 17.6 Å². The van der Waals surface area contributed by atoms with Crippen LogP contribution in [0.1, 0.15) is 17.2 Å². The highest BCUT2D eigenvalue weighted by Crippen LogP contribution is 2.27. The van der Waals surface area contributed by atoms with Crippen LogP contribution < -0.4 is 5.32 Å². The van der Waals surface area contributed by atoms with Crippen molar-refractivity contribution in [2.24, 2.45) is 0 Å². The fourth-order valence-corrected chi connectivity index (χ4v) is 5.60. The number of carbonyl (C=O) groups is 1. The predicted molar refractivity (Wildman–Crippen MR) is 126 cm³/mol. The van der Waals surface area contributed by atoms with Crippen LogP contribution in [0.4, 0.5) is 10.1 Å². The molecule has 1 fully saturated rings. The monoisotopic (exact) mass is 478 g/mol. The summed E-state index contributed by atoms with van der Waals surface area (Å²) in [7, 11) is -3.84. The summed E-state index contributed by atoms with van der Waals surface area (Å²) in [4.78, 5) is 15.2. The quantitative estimate of drug-likeness (QED) is 0.586. The van der Waals surface area contributed by atoms with Crippen LogP contribution in [0.3, 0.4) is 0 Å². The van der Waals surface area contributed by atoms with Gasteiger partial charge in [0.1, 0.15) is 17.9 Å². The number of piperazine rings is 1. The average molecular weight is 479 g/mol. The van der Waals surface area contributed by atoms with E-state index < -0.39 is 21.9 Å². The summed E-state index contributed by atoms with van der Waals surface area (Å²) < 4.78 is 40.9. The molecule has 0 aromatic heterocycles. The highest BCUT2D eigenvalue weighted by atomic mass is 32.2. The van der Waals surface area contributed by atoms with Gasteiger partial charge in [-0.05, 0) is 42.0 Å². The van der Waals surface area contributed by atoms with Crippen molar-refractivity contribution in [2.75, 3.05) is 31.5 Å². The van der Waals surface area contributed by atoms with Crippen LogP contribution in [-0.2, 0) is 14.8 Å². The first-order chi connectivity index (χ1) is 16.4. The Bertz CT molecular complexity index is 1300. The van der Waals surface area contributed by atoms with Crippen LogP contribution in [0.2, 0.25) is 0 Å². The van der Waals surface area contributed by atoms with E-state index in [1.54, 1.807) is 12.1 Å². The average Bonchev–Trinajstić information content (AvgIpc) is 2.86. The molecule has 1 amide bonds. The van der Waals surface area contributed by atoms with Gasteiger partial charge in [0.2, 0.25) is 15.9 Å². The molecule has 3 aromatic carbocycles. The third kappa shape index (κ3) is 4.99. The molecular weight excluding hydrogens is 455 g/mol. The Labute approximate surface area is 198 Å². The SMILES string of the molecule is N#Cc1ccccc1S(=O)(=O)N1CCN([C@@H](C(=O)Nc2ccc(F)cc2)c2ccccc2)CC1. The Hall–Kier alpha value is -3.58. The topological polar surface area (TPSA) is 93.5 Å². The van der Waals surface area contributed by atoms with Crippen molar-refractivity contribution in [1.82, 2.24) is 9.21 Å². The molecule has 0 spiro atoms. The van der Waals surface area contributed by atoms with E-state index in [1.807, 2.05) is 41.3 Å². The number of nitrogens with one attached hydrogen (secondary N) is 1. The van der Waals surface area contributed by atoms with Gasteiger partial charge < -0.3 is 5.32 Å². The van der Waals surface area contributed by atoms with Crippen molar-refractivity contribution in [3.8, 4) is 6.07 Å². The second-order valence-corrected chi connectivity index (χ2v) is 9.76. The summed E-state index contributed by atoms with van der Waals surface area (Å²) in [6, 6.07) is 22.2. The minimum absolute atomic E-state index is 0.0142. The minimum Gasteiger partial charge on any atom is -0.324 e. The highest BCUT2D eigenvalue weighted by molar-refractivity contribution is 7.89. The van der Waals surface area contributed by atoms with E-state index >= 15 is 0 Å². The zero-order valence-corrected chi connectivity index (χ0v) is 19.1. The predicted octanol–water partition coefficient (Wildman–Crippen LogP) is 3.38. The van der Waals surface area contributed by atoms with Gasteiger partial charge in [-0.1, -0.05) is 42.5 Å². The molecule has 1 N–H and O–H groups in total. The summed E-state index contributed by atoms with van der Waals surface area (Å²) >= 11 is 0. The molecule has 1 aliphatic rings. The van der Waals surface area contributed by atoms with E-state index in [9.17, 15) is 22.9 Å². The second-order valence-electron chi connectivity index (χ2n) is 7.86. The van der Waals surface area contributed by atoms with E-state index in [0.717, 1.165) is 5.56 Å². The third-order valence-corrected chi connectivity index (χ3v) is 7.70. The number of carbonyl (C=O) groups excluding carboxylic acids is 1. The van der Waals surface area contributed by atoms with Gasteiger partial charge in [0.05, 0.1) is 10.5 Å². The molecule has 0 aliphatic carbocycles. The normalized spacial score (nSPS) is 15.9. The van der Waals surface area contributed by atoms with Gasteiger partial charge >= 0.3 is 0 Å². The van der Waals surface area contributed by atoms with Crippen LogP contribution in [-0.4, -0.2) is 49.7 Å². The van der Waals surface area contributed by atoms with Crippen LogP contribution >= 0.6 is 0 Å². The zero-order chi connectivity index (χ0) is 24.1. The fourth-order valence-electron chi connectivity index (χ4n) is 4.03. The molecule has 1 aliphatic heterocycles. The summed E-state index contributed by atoms with van der Waals surface area (Å²) in [5, 5.41) is 12.1. The number of nitrogens with zero attached hydrogens (tertiary/aromatic N) is 3. The molecule has 1 saturated heterocycles. The molecule has 174 valence electrons. The number of amides is 1. The lowest BCUT2D eigenvalue weighted by atomic mass is 10.0. The number of halogens is 1. The molecule has 0 radical (unpaired) electrons. The molecule has 9 heteroatoms. The molecular formula is C25H23FN4O3S. The zero-order valence-electron chi connectivity index (χ0n) is 18.3. The summed E-state index contributed by atoms with van der Waals surface area (Å²) in [5.41, 5.74) is 1.35. The van der Waals surface area contributed by atoms with Crippen LogP contribution in [0.5, 0.6) is 0 Å². The van der Waals surface area contributed by atoms with Crippen molar-refractivity contribution in [3.63, 3.8) is 0 Å². The Morgan fingerprint density at radius 1 is 0.912 bits per heavy atom. The number of anilines is 1. The van der Waals surface area contributed by atoms with Crippen LogP contribution in [0.15, 0.2) is 83.8 Å². The molecule has 1 heterocycles. The summed E-state index contributed by atoms with van der Waals surface area (Å²) in [5.74, 6) is -0.683. The number of hydrogen-bond acceptors (Lipinski definition) is 5. The Morgan fingerprint density at radius 2 is 1.53 bits per heavy atom. The number of nitriles is 1. The van der Waals surface area contributed by atoms with Gasteiger partial charge in [-0.15, -0.1) is 0 Å². The van der Waals surface area contributed by atoms with E-state index in [0.29, 0.717) is 18.8 Å². The number of sulfonamides is 1. The standard InChI is InChI=1S/C25H23FN4O3S/c26-21-10-12-22(13-11-21)28-25(31)24(19-6-2-1-3-7-19)29-14-16-30(17-15-29)34(32,33)23-9-5-4-8-20(23)18-27/h1-13,24H,14-17H2,(H,28,31)/t24-/m1/s1. The fraction of sp³-hybridized carbons (Fsp3) is 0.200.